The minimum Gasteiger partial charge on any atom is -0.484 e. The van der Waals surface area contributed by atoms with Gasteiger partial charge < -0.3 is 59.8 Å². The van der Waals surface area contributed by atoms with Crippen LogP contribution in [0.3, 0.4) is 0 Å². The van der Waals surface area contributed by atoms with E-state index in [4.69, 9.17) is 65.4 Å². The van der Waals surface area contributed by atoms with Crippen molar-refractivity contribution >= 4 is 103 Å². The predicted molar refractivity (Wildman–Crippen MR) is 334 cm³/mol. The quantitative estimate of drug-likeness (QED) is 0.0266. The second-order valence-electron chi connectivity index (χ2n) is 22.1. The third-order valence-corrected chi connectivity index (χ3v) is 18.8. The lowest BCUT2D eigenvalue weighted by atomic mass is 10.1. The highest BCUT2D eigenvalue weighted by atomic mass is 35.5. The summed E-state index contributed by atoms with van der Waals surface area (Å²) < 4.78 is 77.5. The maximum Gasteiger partial charge on any atom is 0.314 e. The lowest BCUT2D eigenvalue weighted by Gasteiger charge is -2.29. The van der Waals surface area contributed by atoms with Gasteiger partial charge in [0, 0.05) is 83.6 Å². The van der Waals surface area contributed by atoms with Crippen LogP contribution >= 0.6 is 46.4 Å². The molecule has 0 bridgehead atoms. The van der Waals surface area contributed by atoms with Gasteiger partial charge in [0.15, 0.2) is 0 Å². The van der Waals surface area contributed by atoms with Gasteiger partial charge in [0.25, 0.3) is 0 Å². The van der Waals surface area contributed by atoms with Gasteiger partial charge in [-0.15, -0.1) is 0 Å². The average Bonchev–Trinajstić information content (AvgIpc) is 3.25. The predicted octanol–water partition coefficient (Wildman–Crippen LogP) is 6.11. The number of benzene rings is 4. The summed E-state index contributed by atoms with van der Waals surface area (Å²) in [5.41, 5.74) is 5.88. The molecule has 0 saturated carbocycles. The normalized spacial score (nSPS) is 19.9. The van der Waals surface area contributed by atoms with Crippen molar-refractivity contribution in [3.63, 3.8) is 0 Å². The van der Waals surface area contributed by atoms with E-state index in [2.05, 4.69) is 31.1 Å². The van der Waals surface area contributed by atoms with Gasteiger partial charge in [0.1, 0.15) is 35.8 Å². The van der Waals surface area contributed by atoms with Crippen LogP contribution in [-0.2, 0) is 53.7 Å². The Morgan fingerprint density at radius 3 is 1.30 bits per heavy atom. The van der Waals surface area contributed by atoms with Crippen LogP contribution in [0.15, 0.2) is 60.7 Å². The van der Waals surface area contributed by atoms with Crippen LogP contribution in [0, 0.1) is 13.8 Å². The van der Waals surface area contributed by atoms with Gasteiger partial charge in [-0.3, -0.25) is 18.2 Å². The van der Waals surface area contributed by atoms with Gasteiger partial charge in [-0.2, -0.15) is 0 Å². The molecular weight excluding hydrogens is 1230 g/mol. The van der Waals surface area contributed by atoms with E-state index in [0.717, 1.165) is 30.9 Å². The molecule has 6 atom stereocenters. The van der Waals surface area contributed by atoms with E-state index in [1.807, 2.05) is 54.2 Å². The Morgan fingerprint density at radius 1 is 0.558 bits per heavy atom. The zero-order valence-electron chi connectivity index (χ0n) is 49.0. The van der Waals surface area contributed by atoms with Crippen molar-refractivity contribution < 1.29 is 55.0 Å². The number of nitrogens with zero attached hydrogens (tertiary/aromatic N) is 6. The summed E-state index contributed by atoms with van der Waals surface area (Å²) in [6.07, 6.45) is 2.45. The van der Waals surface area contributed by atoms with Gasteiger partial charge in [-0.05, 0) is 163 Å². The van der Waals surface area contributed by atoms with Crippen LogP contribution in [0.1, 0.15) is 71.3 Å². The summed E-state index contributed by atoms with van der Waals surface area (Å²) in [4.78, 5) is 59.0. The number of thiol groups is 2. The van der Waals surface area contributed by atoms with E-state index in [1.54, 1.807) is 58.3 Å². The smallest absolute Gasteiger partial charge is 0.314 e. The SMILES string of the molecule is Cc1cc(N([C@H]2CCN(CCOCCNC(=O)NCCCCNC(=O)NCCOCCN3CC[C@H](N(c4ccc(O[C@H]5c6cc(Cl)cc(Cl)c6C[C@@H]5N(C)C)c(C)c4)[SH](=O)=O)C3=O)C2=O)[SH](=O)=O)ccc1O[C@H]1c2cc(Cl)cc(Cl)c2C[C@@H]1N(C)C. The lowest BCUT2D eigenvalue weighted by molar-refractivity contribution is -0.130. The maximum absolute atomic E-state index is 13.5. The summed E-state index contributed by atoms with van der Waals surface area (Å²) >= 11 is 25.9. The van der Waals surface area contributed by atoms with E-state index in [9.17, 15) is 36.0 Å². The fraction of sp³-hybridized carbons (Fsp3) is 0.517. The monoisotopic (exact) mass is 1310 g/mol. The van der Waals surface area contributed by atoms with Crippen LogP contribution in [0.5, 0.6) is 11.5 Å². The molecule has 0 spiro atoms. The van der Waals surface area contributed by atoms with Crippen molar-refractivity contribution in [3.05, 3.63) is 114 Å². The first-order chi connectivity index (χ1) is 41.1. The van der Waals surface area contributed by atoms with Crippen LogP contribution in [0.2, 0.25) is 20.1 Å². The molecule has 86 heavy (non-hydrogen) atoms. The van der Waals surface area contributed by atoms with E-state index in [-0.39, 0.29) is 101 Å². The number of hydrogen-bond donors (Lipinski definition) is 6. The standard InChI is InChI=1S/C58H76Cl4N10O12S2/c1-35-27-39(9-11-51(35)83-53-43-29-37(59)31-45(61)41(43)33-49(53)67(3)4)71(85(77)78)47-13-19-69(55(47)73)21-25-81-23-17-65-57(75)63-15-7-8-16-64-58(76)66-18-24-82-26-22-70-20-14-48(56(70)74)72(86(79)80)40-10-12-52(36(2)28-40)84-54-44-30-38(60)32-46(62)42(44)34-50(54)68(5)6/h9-12,27-32,47-50,53-54,85-86H,7-8,13-26,33-34H2,1-6H3,(H2,63,65,75)(H2,64,66,76)/t47-,48-,49-,50-,53-,54-/m0/s1. The van der Waals surface area contributed by atoms with Crippen molar-refractivity contribution in [1.82, 2.24) is 40.9 Å². The number of likely N-dealkylation sites (tertiary alicyclic amines) is 2. The summed E-state index contributed by atoms with van der Waals surface area (Å²) in [5.74, 6) is 0.488. The zero-order valence-corrected chi connectivity index (χ0v) is 53.8. The number of halogens is 4. The number of unbranched alkanes of at least 4 members (excludes halogenated alkanes) is 1. The molecule has 4 aliphatic rings. The van der Waals surface area contributed by atoms with Gasteiger partial charge >= 0.3 is 12.1 Å². The van der Waals surface area contributed by atoms with Crippen molar-refractivity contribution in [3.8, 4) is 11.5 Å². The highest BCUT2D eigenvalue weighted by Crippen LogP contribution is 2.45. The Labute approximate surface area is 526 Å². The van der Waals surface area contributed by atoms with Gasteiger partial charge in [-0.25, -0.2) is 26.4 Å². The van der Waals surface area contributed by atoms with Gasteiger partial charge in [-0.1, -0.05) is 46.4 Å². The molecule has 4 N–H and O–H groups in total. The number of urea groups is 2. The first-order valence-electron chi connectivity index (χ1n) is 28.6. The summed E-state index contributed by atoms with van der Waals surface area (Å²) in [7, 11) is 1.57. The fourth-order valence-electron chi connectivity index (χ4n) is 11.4. The van der Waals surface area contributed by atoms with E-state index < -0.39 is 33.9 Å². The molecular formula is C58H76Cl4N10O12S2. The molecule has 0 aromatic heterocycles. The molecule has 4 aromatic rings. The van der Waals surface area contributed by atoms with E-state index >= 15 is 0 Å². The van der Waals surface area contributed by atoms with Gasteiger partial charge in [0.05, 0.1) is 49.9 Å². The molecule has 22 nitrogen and oxygen atoms in total. The first kappa shape index (κ1) is 66.4. The largest absolute Gasteiger partial charge is 0.484 e. The molecule has 2 aliphatic heterocycles. The molecule has 2 saturated heterocycles. The summed E-state index contributed by atoms with van der Waals surface area (Å²) in [5, 5.41) is 13.2. The number of nitrogens with one attached hydrogen (secondary N) is 4. The Morgan fingerprint density at radius 2 is 0.942 bits per heavy atom. The molecule has 0 unspecified atom stereocenters. The van der Waals surface area contributed by atoms with Crippen LogP contribution in [0.4, 0.5) is 21.0 Å². The first-order valence-corrected chi connectivity index (χ1v) is 32.4. The van der Waals surface area contributed by atoms with Crippen molar-refractivity contribution in [2.24, 2.45) is 0 Å². The molecule has 2 aliphatic carbocycles. The molecule has 4 aromatic carbocycles. The number of ether oxygens (including phenoxy) is 4. The molecule has 0 radical (unpaired) electrons. The summed E-state index contributed by atoms with van der Waals surface area (Å²) in [6.45, 7) is 6.84. The van der Waals surface area contributed by atoms with Crippen LogP contribution in [0.25, 0.3) is 0 Å². The molecule has 2 heterocycles. The van der Waals surface area contributed by atoms with Crippen molar-refractivity contribution in [2.75, 3.05) is 116 Å². The number of amides is 6. The maximum atomic E-state index is 13.5. The molecule has 8 rings (SSSR count). The van der Waals surface area contributed by atoms with E-state index in [0.29, 0.717) is 119 Å². The highest BCUT2D eigenvalue weighted by molar-refractivity contribution is 7.74. The molecule has 6 amide bonds. The van der Waals surface area contributed by atoms with Crippen molar-refractivity contribution in [1.29, 1.82) is 0 Å². The number of fused-ring (bicyclic) bond motifs is 2. The van der Waals surface area contributed by atoms with Gasteiger partial charge in [0.2, 0.25) is 33.6 Å². The number of hydrogen-bond acceptors (Lipinski definition) is 14. The Bertz CT molecular complexity index is 3040. The average molecular weight is 1310 g/mol. The number of carbonyl (C=O) groups excluding carboxylic acids is 4. The fourth-order valence-corrected chi connectivity index (χ4v) is 14.1. The van der Waals surface area contributed by atoms with Crippen molar-refractivity contribution in [2.45, 2.75) is 88.7 Å². The summed E-state index contributed by atoms with van der Waals surface area (Å²) in [6, 6.07) is 14.8. The third kappa shape index (κ3) is 16.4. The second-order valence-corrected chi connectivity index (χ2v) is 25.6. The Kier molecular flexibility index (Phi) is 23.6. The number of rotatable bonds is 29. The Hall–Kier alpha value is -5.54. The minimum absolute atomic E-state index is 0.0113. The van der Waals surface area contributed by atoms with Crippen LogP contribution < -0.4 is 39.4 Å². The number of anilines is 2. The lowest BCUT2D eigenvalue weighted by Crippen LogP contribution is -2.42. The number of aryl methyl sites for hydroxylation is 2. The highest BCUT2D eigenvalue weighted by Gasteiger charge is 2.42. The molecule has 470 valence electrons. The third-order valence-electron chi connectivity index (χ3n) is 15.9. The number of carbonyl (C=O) groups is 4. The topological polar surface area (TPSA) is 241 Å². The van der Waals surface area contributed by atoms with E-state index in [1.165, 1.54) is 0 Å². The molecule has 2 fully saturated rings. The number of likely N-dealkylation sites (N-methyl/N-ethyl adjacent to an activating group) is 2. The van der Waals surface area contributed by atoms with Crippen LogP contribution in [-0.4, -0.2) is 191 Å². The molecule has 28 heteroatoms. The minimum atomic E-state index is -3.16. The zero-order chi connectivity index (χ0) is 61.9. The Balaban J connectivity index is 0.647. The second kappa shape index (κ2) is 30.6.